The molecular formula is C18H13IN2Se. The zero-order valence-corrected chi connectivity index (χ0v) is 15.6. The second kappa shape index (κ2) is 7.68. The number of rotatable bonds is 4. The van der Waals surface area contributed by atoms with Crippen molar-refractivity contribution in [3.8, 4) is 0 Å². The van der Waals surface area contributed by atoms with Gasteiger partial charge in [0.1, 0.15) is 0 Å². The van der Waals surface area contributed by atoms with Crippen LogP contribution in [-0.2, 0) is 0 Å². The van der Waals surface area contributed by atoms with Gasteiger partial charge < -0.3 is 0 Å². The van der Waals surface area contributed by atoms with Gasteiger partial charge in [-0.05, 0) is 0 Å². The fourth-order valence-corrected chi connectivity index (χ4v) is 3.95. The van der Waals surface area contributed by atoms with Crippen molar-refractivity contribution in [2.24, 2.45) is 10.2 Å². The molecule has 3 aromatic rings. The van der Waals surface area contributed by atoms with E-state index in [0.717, 1.165) is 11.4 Å². The summed E-state index contributed by atoms with van der Waals surface area (Å²) >= 11 is 2.62. The van der Waals surface area contributed by atoms with Crippen molar-refractivity contribution in [2.45, 2.75) is 0 Å². The first kappa shape index (κ1) is 15.4. The quantitative estimate of drug-likeness (QED) is 0.312. The van der Waals surface area contributed by atoms with Crippen LogP contribution < -0.4 is 8.92 Å². The Morgan fingerprint density at radius 3 is 1.68 bits per heavy atom. The van der Waals surface area contributed by atoms with Crippen LogP contribution in [0.25, 0.3) is 0 Å². The van der Waals surface area contributed by atoms with Crippen LogP contribution in [0.2, 0.25) is 0 Å². The summed E-state index contributed by atoms with van der Waals surface area (Å²) in [5, 5.41) is 8.54. The van der Waals surface area contributed by atoms with Gasteiger partial charge in [0.05, 0.1) is 0 Å². The summed E-state index contributed by atoms with van der Waals surface area (Å²) in [6.45, 7) is 0. The van der Waals surface area contributed by atoms with E-state index in [2.05, 4.69) is 69.2 Å². The Kier molecular flexibility index (Phi) is 5.38. The Bertz CT molecular complexity index is 753. The molecule has 0 aliphatic rings. The van der Waals surface area contributed by atoms with Crippen molar-refractivity contribution in [2.75, 3.05) is 0 Å². The maximum atomic E-state index is 4.28. The first-order chi connectivity index (χ1) is 10.8. The van der Waals surface area contributed by atoms with Crippen molar-refractivity contribution in [3.05, 3.63) is 82.4 Å². The molecule has 0 bridgehead atoms. The van der Waals surface area contributed by atoms with Crippen molar-refractivity contribution in [1.82, 2.24) is 0 Å². The summed E-state index contributed by atoms with van der Waals surface area (Å²) in [6, 6.07) is 26.9. The minimum absolute atomic E-state index is 0.340. The molecule has 0 radical (unpaired) electrons. The SMILES string of the molecule is Ic1ccc(N=Nc2ccc([Se]c3ccccc3)cc2)cc1. The summed E-state index contributed by atoms with van der Waals surface area (Å²) < 4.78 is 3.92. The zero-order chi connectivity index (χ0) is 15.2. The second-order valence-corrected chi connectivity index (χ2v) is 8.24. The fraction of sp³-hybridized carbons (Fsp3) is 0. The normalized spacial score (nSPS) is 11.0. The van der Waals surface area contributed by atoms with Crippen LogP contribution in [0.3, 0.4) is 0 Å². The summed E-state index contributed by atoms with van der Waals surface area (Å²) in [7, 11) is 0. The van der Waals surface area contributed by atoms with E-state index >= 15 is 0 Å². The molecule has 0 heterocycles. The average Bonchev–Trinajstić information content (AvgIpc) is 2.57. The summed E-state index contributed by atoms with van der Waals surface area (Å²) in [4.78, 5) is 0. The third kappa shape index (κ3) is 4.50. The van der Waals surface area contributed by atoms with E-state index in [1.807, 2.05) is 42.5 Å². The van der Waals surface area contributed by atoms with Gasteiger partial charge >= 0.3 is 151 Å². The van der Waals surface area contributed by atoms with E-state index in [-0.39, 0.29) is 0 Å². The molecule has 0 aromatic heterocycles. The van der Waals surface area contributed by atoms with E-state index < -0.39 is 0 Å². The predicted octanol–water partition coefficient (Wildman–Crippen LogP) is 4.36. The van der Waals surface area contributed by atoms with Crippen LogP contribution >= 0.6 is 22.6 Å². The van der Waals surface area contributed by atoms with Crippen molar-refractivity contribution < 1.29 is 0 Å². The minimum atomic E-state index is 0.340. The molecule has 108 valence electrons. The first-order valence-electron chi connectivity index (χ1n) is 6.80. The van der Waals surface area contributed by atoms with E-state index in [1.165, 1.54) is 12.5 Å². The molecule has 0 saturated heterocycles. The Balaban J connectivity index is 1.67. The standard InChI is InChI=1S/C18H13IN2Se/c19-14-6-8-15(9-7-14)20-21-16-10-12-18(13-11-16)22-17-4-2-1-3-5-17/h1-13H. The second-order valence-electron chi connectivity index (χ2n) is 4.59. The van der Waals surface area contributed by atoms with E-state index in [9.17, 15) is 0 Å². The fourth-order valence-electron chi connectivity index (χ4n) is 1.83. The van der Waals surface area contributed by atoms with Crippen LogP contribution in [-0.4, -0.2) is 15.0 Å². The topological polar surface area (TPSA) is 24.7 Å². The monoisotopic (exact) mass is 464 g/mol. The van der Waals surface area contributed by atoms with Crippen molar-refractivity contribution in [3.63, 3.8) is 0 Å². The third-order valence-electron chi connectivity index (χ3n) is 2.92. The molecule has 0 fully saturated rings. The number of benzene rings is 3. The van der Waals surface area contributed by atoms with E-state index in [0.29, 0.717) is 15.0 Å². The zero-order valence-electron chi connectivity index (χ0n) is 11.7. The average molecular weight is 463 g/mol. The van der Waals surface area contributed by atoms with Gasteiger partial charge in [-0.2, -0.15) is 0 Å². The molecule has 0 spiro atoms. The number of hydrogen-bond acceptors (Lipinski definition) is 2. The molecule has 3 aromatic carbocycles. The molecule has 0 aliphatic carbocycles. The van der Waals surface area contributed by atoms with Gasteiger partial charge in [-0.15, -0.1) is 0 Å². The van der Waals surface area contributed by atoms with Gasteiger partial charge in [0.2, 0.25) is 0 Å². The van der Waals surface area contributed by atoms with E-state index in [1.54, 1.807) is 0 Å². The van der Waals surface area contributed by atoms with Gasteiger partial charge in [-0.25, -0.2) is 0 Å². The van der Waals surface area contributed by atoms with Gasteiger partial charge in [-0.3, -0.25) is 0 Å². The number of nitrogens with zero attached hydrogens (tertiary/aromatic N) is 2. The molecule has 0 aliphatic heterocycles. The molecule has 2 nitrogen and oxygen atoms in total. The van der Waals surface area contributed by atoms with Gasteiger partial charge in [-0.1, -0.05) is 0 Å². The Hall–Kier alpha value is -1.49. The molecule has 0 atom stereocenters. The molecule has 22 heavy (non-hydrogen) atoms. The Morgan fingerprint density at radius 1 is 0.591 bits per heavy atom. The van der Waals surface area contributed by atoms with Crippen molar-refractivity contribution in [1.29, 1.82) is 0 Å². The van der Waals surface area contributed by atoms with E-state index in [4.69, 9.17) is 0 Å². The molecule has 0 saturated carbocycles. The number of azo groups is 1. The third-order valence-corrected chi connectivity index (χ3v) is 5.77. The van der Waals surface area contributed by atoms with Crippen molar-refractivity contribution >= 4 is 57.8 Å². The molecular weight excluding hydrogens is 450 g/mol. The van der Waals surface area contributed by atoms with Crippen LogP contribution in [0.1, 0.15) is 0 Å². The first-order valence-corrected chi connectivity index (χ1v) is 9.59. The predicted molar refractivity (Wildman–Crippen MR) is 101 cm³/mol. The van der Waals surface area contributed by atoms with Gasteiger partial charge in [0, 0.05) is 0 Å². The Morgan fingerprint density at radius 2 is 1.09 bits per heavy atom. The van der Waals surface area contributed by atoms with Crippen LogP contribution in [0.5, 0.6) is 0 Å². The maximum absolute atomic E-state index is 4.28. The molecule has 4 heteroatoms. The molecule has 0 N–H and O–H groups in total. The van der Waals surface area contributed by atoms with Crippen LogP contribution in [0, 0.1) is 3.57 Å². The number of hydrogen-bond donors (Lipinski definition) is 0. The van der Waals surface area contributed by atoms with Gasteiger partial charge in [0.15, 0.2) is 0 Å². The van der Waals surface area contributed by atoms with Gasteiger partial charge in [0.25, 0.3) is 0 Å². The Labute approximate surface area is 150 Å². The molecule has 0 unspecified atom stereocenters. The molecule has 0 amide bonds. The summed E-state index contributed by atoms with van der Waals surface area (Å²) in [5.41, 5.74) is 1.75. The molecule has 3 rings (SSSR count). The number of halogens is 1. The van der Waals surface area contributed by atoms with Crippen LogP contribution in [0.4, 0.5) is 11.4 Å². The summed E-state index contributed by atoms with van der Waals surface area (Å²) in [5.74, 6) is 0. The summed E-state index contributed by atoms with van der Waals surface area (Å²) in [6.07, 6.45) is 0. The van der Waals surface area contributed by atoms with Crippen LogP contribution in [0.15, 0.2) is 89.1 Å².